The van der Waals surface area contributed by atoms with Crippen molar-refractivity contribution < 1.29 is 27.8 Å². The minimum absolute atomic E-state index is 0.0158. The number of carboxylic acid groups (broad SMARTS) is 1. The highest BCUT2D eigenvalue weighted by atomic mass is 19.4. The standard InChI is InChI=1S/C29H28F3NO3/c30-29(31,32)22-13-7-8-19(16-22)18-36-27-23-14-15-33(17-24(23)28(34)35)26(27)25(20-9-3-1-4-10-20)21-11-5-2-6-12-21/h1-13,16,23-27H,14-15,17-18H2,(H,34,35)/t23-,24-,26+,27+/m1/s1. The van der Waals surface area contributed by atoms with Crippen LogP contribution >= 0.6 is 0 Å². The van der Waals surface area contributed by atoms with Crippen molar-refractivity contribution in [3.63, 3.8) is 0 Å². The number of benzene rings is 3. The molecule has 3 saturated heterocycles. The van der Waals surface area contributed by atoms with E-state index >= 15 is 0 Å². The fraction of sp³-hybridized carbons (Fsp3) is 0.345. The Bertz CT molecular complexity index is 1150. The maximum absolute atomic E-state index is 13.3. The summed E-state index contributed by atoms with van der Waals surface area (Å²) in [5.41, 5.74) is 1.90. The smallest absolute Gasteiger partial charge is 0.416 e. The van der Waals surface area contributed by atoms with E-state index in [1.54, 1.807) is 6.07 Å². The number of nitrogens with zero attached hydrogens (tertiary/aromatic N) is 1. The highest BCUT2D eigenvalue weighted by Gasteiger charge is 2.53. The number of hydrogen-bond acceptors (Lipinski definition) is 3. The number of piperidine rings is 3. The molecule has 7 heteroatoms. The second-order valence-electron chi connectivity index (χ2n) is 9.66. The summed E-state index contributed by atoms with van der Waals surface area (Å²) in [5.74, 6) is -1.73. The minimum Gasteiger partial charge on any atom is -0.481 e. The van der Waals surface area contributed by atoms with Crippen LogP contribution in [0, 0.1) is 11.8 Å². The molecule has 0 radical (unpaired) electrons. The maximum atomic E-state index is 13.3. The van der Waals surface area contributed by atoms with Crippen LogP contribution in [0.25, 0.3) is 0 Å². The fourth-order valence-corrected chi connectivity index (χ4v) is 5.94. The van der Waals surface area contributed by atoms with E-state index in [9.17, 15) is 23.1 Å². The van der Waals surface area contributed by atoms with Gasteiger partial charge in [-0.3, -0.25) is 9.69 Å². The molecular weight excluding hydrogens is 467 g/mol. The van der Waals surface area contributed by atoms with E-state index in [4.69, 9.17) is 4.74 Å². The molecule has 36 heavy (non-hydrogen) atoms. The Balaban J connectivity index is 1.52. The molecule has 2 bridgehead atoms. The zero-order valence-corrected chi connectivity index (χ0v) is 19.6. The lowest BCUT2D eigenvalue weighted by atomic mass is 9.68. The summed E-state index contributed by atoms with van der Waals surface area (Å²) in [5, 5.41) is 9.94. The Kier molecular flexibility index (Phi) is 6.86. The first-order chi connectivity index (χ1) is 17.3. The first-order valence-corrected chi connectivity index (χ1v) is 12.2. The van der Waals surface area contributed by atoms with Crippen LogP contribution in [-0.2, 0) is 22.3 Å². The van der Waals surface area contributed by atoms with Gasteiger partial charge < -0.3 is 9.84 Å². The monoisotopic (exact) mass is 495 g/mol. The van der Waals surface area contributed by atoms with Crippen LogP contribution < -0.4 is 0 Å². The number of aliphatic carboxylic acids is 1. The molecule has 3 aromatic carbocycles. The van der Waals surface area contributed by atoms with Gasteiger partial charge in [0.15, 0.2) is 0 Å². The molecule has 0 aromatic heterocycles. The number of fused-ring (bicyclic) bond motifs is 3. The van der Waals surface area contributed by atoms with Crippen molar-refractivity contribution in [2.75, 3.05) is 13.1 Å². The first-order valence-electron chi connectivity index (χ1n) is 12.2. The Labute approximate surface area is 208 Å². The van der Waals surface area contributed by atoms with E-state index in [-0.39, 0.29) is 24.5 Å². The normalized spacial score (nSPS) is 25.7. The van der Waals surface area contributed by atoms with Gasteiger partial charge in [0, 0.05) is 24.4 Å². The molecule has 5 atom stereocenters. The molecule has 4 nitrogen and oxygen atoms in total. The van der Waals surface area contributed by atoms with Crippen molar-refractivity contribution in [2.24, 2.45) is 11.8 Å². The highest BCUT2D eigenvalue weighted by molar-refractivity contribution is 5.71. The lowest BCUT2D eigenvalue weighted by Gasteiger charge is -2.55. The van der Waals surface area contributed by atoms with Gasteiger partial charge in [0.25, 0.3) is 0 Å². The number of hydrogen-bond donors (Lipinski definition) is 1. The molecule has 0 saturated carbocycles. The van der Waals surface area contributed by atoms with E-state index in [2.05, 4.69) is 29.2 Å². The average Bonchev–Trinajstić information content (AvgIpc) is 2.89. The van der Waals surface area contributed by atoms with Gasteiger partial charge in [-0.1, -0.05) is 72.8 Å². The second-order valence-corrected chi connectivity index (χ2v) is 9.66. The summed E-state index contributed by atoms with van der Waals surface area (Å²) in [6, 6.07) is 25.1. The van der Waals surface area contributed by atoms with E-state index in [1.165, 1.54) is 6.07 Å². The maximum Gasteiger partial charge on any atom is 0.416 e. The molecule has 3 heterocycles. The van der Waals surface area contributed by atoms with Crippen molar-refractivity contribution in [3.05, 3.63) is 107 Å². The van der Waals surface area contributed by atoms with Gasteiger partial charge in [-0.25, -0.2) is 0 Å². The number of carbonyl (C=O) groups is 1. The van der Waals surface area contributed by atoms with E-state index in [1.807, 2.05) is 36.4 Å². The Morgan fingerprint density at radius 3 is 2.19 bits per heavy atom. The van der Waals surface area contributed by atoms with Crippen molar-refractivity contribution in [2.45, 2.75) is 37.3 Å². The number of rotatable bonds is 7. The molecule has 3 aromatic rings. The zero-order chi connectivity index (χ0) is 25.3. The van der Waals surface area contributed by atoms with Gasteiger partial charge in [0.05, 0.1) is 24.2 Å². The summed E-state index contributed by atoms with van der Waals surface area (Å²) >= 11 is 0. The fourth-order valence-electron chi connectivity index (χ4n) is 5.94. The third-order valence-corrected chi connectivity index (χ3v) is 7.55. The second kappa shape index (κ2) is 10.1. The Hall–Kier alpha value is -3.16. The summed E-state index contributed by atoms with van der Waals surface area (Å²) in [6.45, 7) is 1.18. The van der Waals surface area contributed by atoms with Crippen LogP contribution in [0.1, 0.15) is 34.6 Å². The lowest BCUT2D eigenvalue weighted by molar-refractivity contribution is -0.172. The SMILES string of the molecule is O=C(O)[C@@H]1CN2CC[C@H]1[C@H](OCc1cccc(C(F)(F)F)c1)[C@@H]2C(c1ccccc1)c1ccccc1. The topological polar surface area (TPSA) is 49.8 Å². The van der Waals surface area contributed by atoms with Gasteiger partial charge in [0.2, 0.25) is 0 Å². The Morgan fingerprint density at radius 2 is 1.61 bits per heavy atom. The summed E-state index contributed by atoms with van der Waals surface area (Å²) in [7, 11) is 0. The largest absolute Gasteiger partial charge is 0.481 e. The third kappa shape index (κ3) is 4.90. The molecule has 1 N–H and O–H groups in total. The van der Waals surface area contributed by atoms with Crippen LogP contribution in [0.15, 0.2) is 84.9 Å². The van der Waals surface area contributed by atoms with Crippen molar-refractivity contribution in [1.29, 1.82) is 0 Å². The summed E-state index contributed by atoms with van der Waals surface area (Å²) in [4.78, 5) is 14.3. The highest BCUT2D eigenvalue weighted by Crippen LogP contribution is 2.46. The van der Waals surface area contributed by atoms with Crippen LogP contribution in [0.5, 0.6) is 0 Å². The zero-order valence-electron chi connectivity index (χ0n) is 19.6. The van der Waals surface area contributed by atoms with Gasteiger partial charge in [-0.2, -0.15) is 13.2 Å². The van der Waals surface area contributed by atoms with Crippen LogP contribution in [0.3, 0.4) is 0 Å². The number of halogens is 3. The number of ether oxygens (including phenoxy) is 1. The third-order valence-electron chi connectivity index (χ3n) is 7.55. The predicted molar refractivity (Wildman–Crippen MR) is 129 cm³/mol. The molecular formula is C29H28F3NO3. The predicted octanol–water partition coefficient (Wildman–Crippen LogP) is 5.83. The molecule has 188 valence electrons. The van der Waals surface area contributed by atoms with E-state index in [0.717, 1.165) is 29.8 Å². The van der Waals surface area contributed by atoms with Crippen LogP contribution in [0.4, 0.5) is 13.2 Å². The molecule has 1 unspecified atom stereocenters. The molecule has 3 aliphatic rings. The molecule has 0 amide bonds. The van der Waals surface area contributed by atoms with Gasteiger partial charge in [0.1, 0.15) is 0 Å². The van der Waals surface area contributed by atoms with E-state index in [0.29, 0.717) is 18.5 Å². The number of alkyl halides is 3. The molecule has 3 aliphatic heterocycles. The van der Waals surface area contributed by atoms with Crippen LogP contribution in [-0.4, -0.2) is 41.2 Å². The number of carboxylic acids is 1. The van der Waals surface area contributed by atoms with Crippen molar-refractivity contribution >= 4 is 5.97 Å². The van der Waals surface area contributed by atoms with Gasteiger partial charge >= 0.3 is 12.1 Å². The lowest BCUT2D eigenvalue weighted by Crippen LogP contribution is -2.65. The molecule has 3 fully saturated rings. The quantitative estimate of drug-likeness (QED) is 0.448. The molecule has 0 spiro atoms. The van der Waals surface area contributed by atoms with Crippen LogP contribution in [0.2, 0.25) is 0 Å². The van der Waals surface area contributed by atoms with Gasteiger partial charge in [-0.15, -0.1) is 0 Å². The average molecular weight is 496 g/mol. The summed E-state index contributed by atoms with van der Waals surface area (Å²) in [6.07, 6.45) is -4.21. The minimum atomic E-state index is -4.44. The Morgan fingerprint density at radius 1 is 0.972 bits per heavy atom. The van der Waals surface area contributed by atoms with Crippen molar-refractivity contribution in [3.8, 4) is 0 Å². The van der Waals surface area contributed by atoms with Crippen molar-refractivity contribution in [1.82, 2.24) is 4.90 Å². The summed E-state index contributed by atoms with van der Waals surface area (Å²) < 4.78 is 46.2. The molecule has 0 aliphatic carbocycles. The first kappa shape index (κ1) is 24.5. The van der Waals surface area contributed by atoms with E-state index < -0.39 is 29.7 Å². The van der Waals surface area contributed by atoms with Gasteiger partial charge in [-0.05, 0) is 41.8 Å². The molecule has 6 rings (SSSR count).